The molecule has 0 atom stereocenters. The molecule has 108 valence electrons. The van der Waals surface area contributed by atoms with E-state index in [0.29, 0.717) is 39.8 Å². The average molecular weight is 291 g/mol. The zero-order valence-electron chi connectivity index (χ0n) is 12.0. The zero-order chi connectivity index (χ0) is 15.7. The summed E-state index contributed by atoms with van der Waals surface area (Å²) in [5.74, 6) is -0.247. The van der Waals surface area contributed by atoms with E-state index in [-0.39, 0.29) is 18.0 Å². The number of Topliss-reactive ketones (excluding diaryl/α,β-unsaturated/α-hetero) is 2. The summed E-state index contributed by atoms with van der Waals surface area (Å²) in [5, 5.41) is 0. The summed E-state index contributed by atoms with van der Waals surface area (Å²) in [4.78, 5) is 39.8. The molecule has 1 aliphatic carbocycles. The van der Waals surface area contributed by atoms with Gasteiger partial charge in [0.15, 0.2) is 17.9 Å². The van der Waals surface area contributed by atoms with E-state index < -0.39 is 0 Å². The minimum atomic E-state index is -0.131. The summed E-state index contributed by atoms with van der Waals surface area (Å²) < 4.78 is 0. The Labute approximate surface area is 127 Å². The predicted octanol–water partition coefficient (Wildman–Crippen LogP) is 2.83. The smallest absolute Gasteiger partial charge is 0.190 e. The van der Waals surface area contributed by atoms with Crippen molar-refractivity contribution in [3.8, 4) is 0 Å². The quantitative estimate of drug-likeness (QED) is 0.816. The van der Waals surface area contributed by atoms with Crippen molar-refractivity contribution in [1.29, 1.82) is 0 Å². The van der Waals surface area contributed by atoms with Crippen molar-refractivity contribution in [3.63, 3.8) is 0 Å². The number of nitrogens with zero attached hydrogens (tertiary/aromatic N) is 1. The highest BCUT2D eigenvalue weighted by atomic mass is 16.1. The van der Waals surface area contributed by atoms with Gasteiger partial charge < -0.3 is 0 Å². The summed E-state index contributed by atoms with van der Waals surface area (Å²) in [6.07, 6.45) is 2.46. The number of aromatic nitrogens is 1. The molecule has 4 heteroatoms. The number of carbonyl (C=O) groups excluding carboxylic acids is 3. The highest BCUT2D eigenvalue weighted by Crippen LogP contribution is 2.27. The molecular formula is C18H13NO3. The lowest BCUT2D eigenvalue weighted by Gasteiger charge is -2.18. The first-order valence-corrected chi connectivity index (χ1v) is 6.90. The van der Waals surface area contributed by atoms with Crippen LogP contribution in [0.4, 0.5) is 0 Å². The largest absolute Gasteiger partial charge is 0.298 e. The number of hydrogen-bond donors (Lipinski definition) is 0. The van der Waals surface area contributed by atoms with Gasteiger partial charge in [-0.05, 0) is 19.1 Å². The van der Waals surface area contributed by atoms with Crippen LogP contribution in [-0.2, 0) is 6.42 Å². The van der Waals surface area contributed by atoms with Gasteiger partial charge in [0.25, 0.3) is 0 Å². The van der Waals surface area contributed by atoms with E-state index in [4.69, 9.17) is 0 Å². The lowest BCUT2D eigenvalue weighted by atomic mass is 9.83. The first-order valence-electron chi connectivity index (χ1n) is 6.90. The Bertz CT molecular complexity index is 816. The first kappa shape index (κ1) is 14.1. The third-order valence-electron chi connectivity index (χ3n) is 3.83. The Morgan fingerprint density at radius 2 is 1.68 bits per heavy atom. The SMILES string of the molecule is CC1=C(Cc2ccc(C=O)cn2)C(=O)c2ccccc2C1=O. The first-order chi connectivity index (χ1) is 10.6. The fraction of sp³-hybridized carbons (Fsp3) is 0.111. The normalized spacial score (nSPS) is 14.0. The lowest BCUT2D eigenvalue weighted by Crippen LogP contribution is -2.22. The molecule has 0 saturated carbocycles. The molecule has 1 aromatic carbocycles. The summed E-state index contributed by atoms with van der Waals surface area (Å²) in [6, 6.07) is 10.2. The molecule has 0 radical (unpaired) electrons. The maximum absolute atomic E-state index is 12.6. The van der Waals surface area contributed by atoms with Gasteiger partial charge in [-0.15, -0.1) is 0 Å². The summed E-state index contributed by atoms with van der Waals surface area (Å²) >= 11 is 0. The number of carbonyl (C=O) groups is 3. The average Bonchev–Trinajstić information content (AvgIpc) is 2.57. The maximum atomic E-state index is 12.6. The standard InChI is InChI=1S/C18H13NO3/c1-11-16(8-13-7-6-12(10-20)9-19-13)18(22)15-5-3-2-4-14(15)17(11)21/h2-7,9-10H,8H2,1H3. The van der Waals surface area contributed by atoms with Crippen LogP contribution < -0.4 is 0 Å². The van der Waals surface area contributed by atoms with Crippen LogP contribution in [0, 0.1) is 0 Å². The van der Waals surface area contributed by atoms with Gasteiger partial charge in [0.1, 0.15) is 0 Å². The van der Waals surface area contributed by atoms with Gasteiger partial charge in [0.2, 0.25) is 0 Å². The Balaban J connectivity index is 1.99. The van der Waals surface area contributed by atoms with Crippen LogP contribution in [0.15, 0.2) is 53.7 Å². The molecule has 1 aromatic heterocycles. The zero-order valence-corrected chi connectivity index (χ0v) is 12.0. The van der Waals surface area contributed by atoms with E-state index in [2.05, 4.69) is 4.98 Å². The van der Waals surface area contributed by atoms with Crippen molar-refractivity contribution in [3.05, 3.63) is 76.1 Å². The molecule has 0 bridgehead atoms. The molecule has 1 heterocycles. The Morgan fingerprint density at radius 1 is 1.00 bits per heavy atom. The number of aldehydes is 1. The van der Waals surface area contributed by atoms with Crippen LogP contribution >= 0.6 is 0 Å². The van der Waals surface area contributed by atoms with Crippen LogP contribution in [0.2, 0.25) is 0 Å². The van der Waals surface area contributed by atoms with Crippen molar-refractivity contribution in [1.82, 2.24) is 4.98 Å². The van der Waals surface area contributed by atoms with Crippen molar-refractivity contribution < 1.29 is 14.4 Å². The molecule has 0 saturated heterocycles. The van der Waals surface area contributed by atoms with E-state index in [1.165, 1.54) is 6.20 Å². The molecule has 0 spiro atoms. The molecule has 0 unspecified atom stereocenters. The molecule has 1 aliphatic rings. The molecule has 0 aliphatic heterocycles. The molecular weight excluding hydrogens is 278 g/mol. The highest BCUT2D eigenvalue weighted by Gasteiger charge is 2.29. The molecule has 0 amide bonds. The van der Waals surface area contributed by atoms with Crippen LogP contribution in [0.25, 0.3) is 0 Å². The fourth-order valence-electron chi connectivity index (χ4n) is 2.56. The van der Waals surface area contributed by atoms with Crippen molar-refractivity contribution in [2.24, 2.45) is 0 Å². The van der Waals surface area contributed by atoms with E-state index in [9.17, 15) is 14.4 Å². The number of pyridine rings is 1. The molecule has 0 N–H and O–H groups in total. The van der Waals surface area contributed by atoms with Crippen molar-refractivity contribution >= 4 is 17.9 Å². The Morgan fingerprint density at radius 3 is 2.27 bits per heavy atom. The summed E-state index contributed by atoms with van der Waals surface area (Å²) in [6.45, 7) is 1.67. The van der Waals surface area contributed by atoms with E-state index >= 15 is 0 Å². The second-order valence-corrected chi connectivity index (χ2v) is 5.18. The van der Waals surface area contributed by atoms with Gasteiger partial charge in [-0.1, -0.05) is 24.3 Å². The second kappa shape index (κ2) is 5.48. The van der Waals surface area contributed by atoms with Gasteiger partial charge in [0, 0.05) is 46.1 Å². The number of rotatable bonds is 3. The number of fused-ring (bicyclic) bond motifs is 1. The van der Waals surface area contributed by atoms with Crippen molar-refractivity contribution in [2.45, 2.75) is 13.3 Å². The predicted molar refractivity (Wildman–Crippen MR) is 81.1 cm³/mol. The second-order valence-electron chi connectivity index (χ2n) is 5.18. The van der Waals surface area contributed by atoms with Crippen LogP contribution in [0.1, 0.15) is 43.7 Å². The van der Waals surface area contributed by atoms with Crippen LogP contribution in [0.3, 0.4) is 0 Å². The fourth-order valence-corrected chi connectivity index (χ4v) is 2.56. The summed E-state index contributed by atoms with van der Waals surface area (Å²) in [7, 11) is 0. The Hall–Kier alpha value is -2.88. The van der Waals surface area contributed by atoms with Crippen LogP contribution in [0.5, 0.6) is 0 Å². The topological polar surface area (TPSA) is 64.1 Å². The minimum Gasteiger partial charge on any atom is -0.298 e. The van der Waals surface area contributed by atoms with Gasteiger partial charge in [-0.3, -0.25) is 19.4 Å². The van der Waals surface area contributed by atoms with Gasteiger partial charge in [0.05, 0.1) is 0 Å². The van der Waals surface area contributed by atoms with E-state index in [1.54, 1.807) is 43.3 Å². The highest BCUT2D eigenvalue weighted by molar-refractivity contribution is 6.26. The Kier molecular flexibility index (Phi) is 3.51. The van der Waals surface area contributed by atoms with E-state index in [0.717, 1.165) is 0 Å². The van der Waals surface area contributed by atoms with Gasteiger partial charge in [-0.25, -0.2) is 0 Å². The number of allylic oxidation sites excluding steroid dienone is 2. The van der Waals surface area contributed by atoms with Crippen LogP contribution in [-0.4, -0.2) is 22.8 Å². The third kappa shape index (κ3) is 2.29. The third-order valence-corrected chi connectivity index (χ3v) is 3.83. The number of benzene rings is 1. The van der Waals surface area contributed by atoms with Gasteiger partial charge >= 0.3 is 0 Å². The molecule has 0 fully saturated rings. The molecule has 22 heavy (non-hydrogen) atoms. The van der Waals surface area contributed by atoms with Gasteiger partial charge in [-0.2, -0.15) is 0 Å². The monoisotopic (exact) mass is 291 g/mol. The maximum Gasteiger partial charge on any atom is 0.190 e. The molecule has 2 aromatic rings. The summed E-state index contributed by atoms with van der Waals surface area (Å²) in [5.41, 5.74) is 2.96. The molecule has 4 nitrogen and oxygen atoms in total. The molecule has 3 rings (SSSR count). The lowest BCUT2D eigenvalue weighted by molar-refractivity contribution is 0.0973. The number of ketones is 2. The number of hydrogen-bond acceptors (Lipinski definition) is 4. The van der Waals surface area contributed by atoms with Crippen molar-refractivity contribution in [2.75, 3.05) is 0 Å². The van der Waals surface area contributed by atoms with E-state index in [1.807, 2.05) is 0 Å². The minimum absolute atomic E-state index is 0.116.